The zero-order chi connectivity index (χ0) is 24.5. The molecule has 10 heteroatoms. The third-order valence-electron chi connectivity index (χ3n) is 6.70. The van der Waals surface area contributed by atoms with Gasteiger partial charge in [-0.2, -0.15) is 5.26 Å². The second-order valence-electron chi connectivity index (χ2n) is 9.15. The molecular formula is C25H26FN7O2. The van der Waals surface area contributed by atoms with Crippen LogP contribution in [-0.4, -0.2) is 58.5 Å². The molecule has 4 heterocycles. The number of halogens is 1. The number of nitrogens with zero attached hydrogens (tertiary/aromatic N) is 5. The van der Waals surface area contributed by atoms with Crippen LogP contribution in [0.5, 0.6) is 0 Å². The second kappa shape index (κ2) is 9.43. The molecule has 1 aliphatic heterocycles. The summed E-state index contributed by atoms with van der Waals surface area (Å²) in [5, 5.41) is 11.8. The van der Waals surface area contributed by atoms with Gasteiger partial charge in [-0.1, -0.05) is 0 Å². The van der Waals surface area contributed by atoms with Crippen molar-refractivity contribution in [2.24, 2.45) is 0 Å². The van der Waals surface area contributed by atoms with Crippen molar-refractivity contribution in [3.8, 4) is 6.07 Å². The van der Waals surface area contributed by atoms with E-state index in [2.05, 4.69) is 31.2 Å². The minimum atomic E-state index is -0.693. The lowest BCUT2D eigenvalue weighted by molar-refractivity contribution is 0.0953. The van der Waals surface area contributed by atoms with Gasteiger partial charge in [0.2, 0.25) is 0 Å². The van der Waals surface area contributed by atoms with Crippen LogP contribution in [-0.2, 0) is 6.54 Å². The molecule has 9 nitrogen and oxygen atoms in total. The molecule has 1 amide bonds. The van der Waals surface area contributed by atoms with Gasteiger partial charge in [0.05, 0.1) is 41.4 Å². The first-order chi connectivity index (χ1) is 17.0. The summed E-state index contributed by atoms with van der Waals surface area (Å²) < 4.78 is 14.5. The van der Waals surface area contributed by atoms with E-state index in [4.69, 9.17) is 0 Å². The van der Waals surface area contributed by atoms with E-state index in [0.717, 1.165) is 35.0 Å². The molecule has 1 atom stereocenters. The van der Waals surface area contributed by atoms with Gasteiger partial charge >= 0.3 is 0 Å². The first-order valence-corrected chi connectivity index (χ1v) is 11.7. The van der Waals surface area contributed by atoms with Crippen molar-refractivity contribution in [3.05, 3.63) is 63.6 Å². The van der Waals surface area contributed by atoms with Gasteiger partial charge in [0.25, 0.3) is 11.5 Å². The van der Waals surface area contributed by atoms with Gasteiger partial charge in [-0.15, -0.1) is 0 Å². The number of nitrogens with one attached hydrogen (secondary N) is 2. The number of hydrogen-bond donors (Lipinski definition) is 2. The lowest BCUT2D eigenvalue weighted by Gasteiger charge is -2.42. The quantitative estimate of drug-likeness (QED) is 0.562. The number of aromatic amines is 1. The summed E-state index contributed by atoms with van der Waals surface area (Å²) in [6, 6.07) is 7.24. The zero-order valence-electron chi connectivity index (χ0n) is 19.4. The van der Waals surface area contributed by atoms with Gasteiger partial charge < -0.3 is 15.2 Å². The number of amides is 1. The number of carbonyl (C=O) groups excluding carboxylic acids is 1. The number of nitriles is 1. The average Bonchev–Trinajstić information content (AvgIpc) is 3.69. The van der Waals surface area contributed by atoms with Crippen molar-refractivity contribution in [3.63, 3.8) is 0 Å². The Bertz CT molecular complexity index is 1380. The number of pyridine rings is 3. The normalized spacial score (nSPS) is 18.4. The van der Waals surface area contributed by atoms with Gasteiger partial charge in [-0.3, -0.25) is 19.5 Å². The fraction of sp³-hybridized carbons (Fsp3) is 0.400. The molecule has 2 fully saturated rings. The van der Waals surface area contributed by atoms with Crippen LogP contribution in [0.25, 0.3) is 11.0 Å². The smallest absolute Gasteiger partial charge is 0.272 e. The predicted molar refractivity (Wildman–Crippen MR) is 129 cm³/mol. The molecule has 1 aliphatic carbocycles. The monoisotopic (exact) mass is 475 g/mol. The number of anilines is 1. The van der Waals surface area contributed by atoms with Crippen LogP contribution in [0, 0.1) is 17.1 Å². The highest BCUT2D eigenvalue weighted by molar-refractivity contribution is 5.92. The maximum Gasteiger partial charge on any atom is 0.272 e. The molecule has 0 spiro atoms. The molecule has 5 rings (SSSR count). The van der Waals surface area contributed by atoms with Crippen LogP contribution < -0.4 is 15.8 Å². The third kappa shape index (κ3) is 4.72. The lowest BCUT2D eigenvalue weighted by atomic mass is 10.1. The second-order valence-corrected chi connectivity index (χ2v) is 9.15. The van der Waals surface area contributed by atoms with Crippen LogP contribution >= 0.6 is 0 Å². The number of piperazine rings is 1. The Hall–Kier alpha value is -3.84. The summed E-state index contributed by atoms with van der Waals surface area (Å²) in [4.78, 5) is 39.9. The highest BCUT2D eigenvalue weighted by Crippen LogP contribution is 2.38. The highest BCUT2D eigenvalue weighted by Gasteiger charge is 2.29. The number of H-pyrrole nitrogens is 1. The summed E-state index contributed by atoms with van der Waals surface area (Å²) in [5.74, 6) is -0.913. The summed E-state index contributed by atoms with van der Waals surface area (Å²) >= 11 is 0. The van der Waals surface area contributed by atoms with E-state index in [1.165, 1.54) is 19.3 Å². The molecule has 0 aromatic carbocycles. The van der Waals surface area contributed by atoms with E-state index in [1.807, 2.05) is 23.2 Å². The van der Waals surface area contributed by atoms with Crippen molar-refractivity contribution in [1.82, 2.24) is 25.2 Å². The predicted octanol–water partition coefficient (Wildman–Crippen LogP) is 2.30. The van der Waals surface area contributed by atoms with E-state index < -0.39 is 11.7 Å². The minimum absolute atomic E-state index is 0.0371. The fourth-order valence-corrected chi connectivity index (χ4v) is 4.74. The van der Waals surface area contributed by atoms with E-state index in [1.54, 1.807) is 0 Å². The van der Waals surface area contributed by atoms with Gasteiger partial charge in [-0.25, -0.2) is 9.37 Å². The maximum atomic E-state index is 14.5. The molecular weight excluding hydrogens is 449 g/mol. The van der Waals surface area contributed by atoms with Gasteiger partial charge in [0.1, 0.15) is 0 Å². The Kier molecular flexibility index (Phi) is 6.17. The van der Waals surface area contributed by atoms with Crippen molar-refractivity contribution in [1.29, 1.82) is 5.26 Å². The Morgan fingerprint density at radius 2 is 2.09 bits per heavy atom. The Morgan fingerprint density at radius 3 is 2.80 bits per heavy atom. The van der Waals surface area contributed by atoms with Gasteiger partial charge in [0.15, 0.2) is 11.5 Å². The van der Waals surface area contributed by atoms with E-state index >= 15 is 0 Å². The molecule has 3 aromatic heterocycles. The molecule has 3 aromatic rings. The lowest BCUT2D eigenvalue weighted by Crippen LogP contribution is -2.53. The number of carbonyl (C=O) groups is 1. The van der Waals surface area contributed by atoms with E-state index in [-0.39, 0.29) is 23.7 Å². The molecule has 1 saturated carbocycles. The van der Waals surface area contributed by atoms with Gasteiger partial charge in [0, 0.05) is 51.1 Å². The SMILES string of the molecule is CNC(=O)c1ncc(N2CCN(Cc3cnc4cc(C5CC5)c(=O)[nH]c4c3)C[C@@H]2CC#N)cc1F. The largest absolute Gasteiger partial charge is 0.364 e. The summed E-state index contributed by atoms with van der Waals surface area (Å²) in [6.07, 6.45) is 5.70. The third-order valence-corrected chi connectivity index (χ3v) is 6.70. The van der Waals surface area contributed by atoms with Crippen LogP contribution in [0.2, 0.25) is 0 Å². The number of fused-ring (bicyclic) bond motifs is 1. The van der Waals surface area contributed by atoms with Crippen molar-refractivity contribution < 1.29 is 9.18 Å². The van der Waals surface area contributed by atoms with E-state index in [9.17, 15) is 19.2 Å². The highest BCUT2D eigenvalue weighted by atomic mass is 19.1. The maximum absolute atomic E-state index is 14.5. The zero-order valence-corrected chi connectivity index (χ0v) is 19.4. The summed E-state index contributed by atoms with van der Waals surface area (Å²) in [5.41, 5.74) is 3.56. The molecule has 1 saturated heterocycles. The fourth-order valence-electron chi connectivity index (χ4n) is 4.74. The minimum Gasteiger partial charge on any atom is -0.364 e. The molecule has 0 bridgehead atoms. The molecule has 0 radical (unpaired) electrons. The first kappa shape index (κ1) is 22.9. The van der Waals surface area contributed by atoms with Crippen LogP contribution in [0.15, 0.2) is 35.4 Å². The Balaban J connectivity index is 1.31. The molecule has 2 aliphatic rings. The van der Waals surface area contributed by atoms with Crippen LogP contribution in [0.4, 0.5) is 10.1 Å². The molecule has 0 unspecified atom stereocenters. The summed E-state index contributed by atoms with van der Waals surface area (Å²) in [7, 11) is 1.42. The van der Waals surface area contributed by atoms with E-state index in [0.29, 0.717) is 37.8 Å². The first-order valence-electron chi connectivity index (χ1n) is 11.7. The molecule has 2 N–H and O–H groups in total. The standard InChI is InChI=1S/C25H26FN7O2/c1-28-25(35)23-20(26)9-18(12-30-23)33-7-6-32(14-17(33)4-5-27)13-15-8-22-21(29-11-15)10-19(16-2-3-16)24(34)31-22/h8-12,16-17H,2-4,6-7,13-14H2,1H3,(H,28,35)(H,31,34)/t17-/m0/s1. The van der Waals surface area contributed by atoms with Crippen LogP contribution in [0.1, 0.15) is 46.8 Å². The Morgan fingerprint density at radius 1 is 1.26 bits per heavy atom. The van der Waals surface area contributed by atoms with Gasteiger partial charge in [-0.05, 0) is 36.5 Å². The number of rotatable bonds is 6. The number of aromatic nitrogens is 3. The molecule has 180 valence electrons. The number of hydrogen-bond acceptors (Lipinski definition) is 7. The topological polar surface area (TPSA) is 118 Å². The van der Waals surface area contributed by atoms with Crippen molar-refractivity contribution in [2.75, 3.05) is 31.6 Å². The van der Waals surface area contributed by atoms with Crippen molar-refractivity contribution >= 4 is 22.6 Å². The van der Waals surface area contributed by atoms with Crippen molar-refractivity contribution in [2.45, 2.75) is 37.8 Å². The summed E-state index contributed by atoms with van der Waals surface area (Å²) in [6.45, 7) is 2.49. The average molecular weight is 476 g/mol. The van der Waals surface area contributed by atoms with Crippen LogP contribution in [0.3, 0.4) is 0 Å². The Labute approximate surface area is 201 Å². The molecule has 35 heavy (non-hydrogen) atoms.